The van der Waals surface area contributed by atoms with Crippen LogP contribution in [0.15, 0.2) is 36.4 Å². The van der Waals surface area contributed by atoms with Gasteiger partial charge in [0.05, 0.1) is 38.0 Å². The molecule has 0 heterocycles. The van der Waals surface area contributed by atoms with Crippen LogP contribution >= 0.6 is 46.6 Å². The molecule has 2 rings (SSSR count). The van der Waals surface area contributed by atoms with Crippen LogP contribution in [0.5, 0.6) is 0 Å². The first-order valence-corrected chi connectivity index (χ1v) is 12.4. The van der Waals surface area contributed by atoms with Gasteiger partial charge in [0.25, 0.3) is 5.91 Å². The standard InChI is InChI=1S/C23H16Cl3F7N2OS/c1-11(10-37-5-4-34)35-21(36)14-3-2-12(6-16(14)23(31,32)33)19(27)9-15(22(28,29)30)13-7-17(24)20(26)18(25)8-13/h2-3,6-9,11,15H,5,10H2,1H3,(H,35,36)/b19-9-. The van der Waals surface area contributed by atoms with Gasteiger partial charge in [-0.2, -0.15) is 31.6 Å². The highest BCUT2D eigenvalue weighted by Crippen LogP contribution is 2.42. The monoisotopic (exact) mass is 606 g/mol. The van der Waals surface area contributed by atoms with E-state index in [9.17, 15) is 35.5 Å². The molecule has 3 nitrogen and oxygen atoms in total. The van der Waals surface area contributed by atoms with Crippen molar-refractivity contribution >= 4 is 58.3 Å². The Hall–Kier alpha value is -2.13. The number of thioether (sulfide) groups is 1. The first-order chi connectivity index (χ1) is 17.1. The van der Waals surface area contributed by atoms with Crippen molar-refractivity contribution in [3.05, 3.63) is 73.7 Å². The molecule has 1 amide bonds. The fourth-order valence-corrected chi connectivity index (χ4v) is 4.39. The van der Waals surface area contributed by atoms with Gasteiger partial charge in [-0.25, -0.2) is 4.39 Å². The lowest BCUT2D eigenvalue weighted by atomic mass is 9.95. The largest absolute Gasteiger partial charge is 0.417 e. The Morgan fingerprint density at radius 2 is 1.70 bits per heavy atom. The summed E-state index contributed by atoms with van der Waals surface area (Å²) in [5.41, 5.74) is -3.80. The number of nitriles is 1. The number of alkyl halides is 6. The number of rotatable bonds is 8. The molecule has 200 valence electrons. The number of hydrogen-bond acceptors (Lipinski definition) is 3. The minimum Gasteiger partial charge on any atom is -0.349 e. The first-order valence-electron chi connectivity index (χ1n) is 10.1. The summed E-state index contributed by atoms with van der Waals surface area (Å²) in [7, 11) is 0. The maximum atomic E-state index is 14.9. The second-order valence-corrected chi connectivity index (χ2v) is 9.86. The van der Waals surface area contributed by atoms with E-state index >= 15 is 0 Å². The number of carbonyl (C=O) groups excluding carboxylic acids is 1. The molecule has 0 bridgehead atoms. The molecular weight excluding hydrogens is 592 g/mol. The van der Waals surface area contributed by atoms with Crippen molar-refractivity contribution in [2.45, 2.75) is 31.2 Å². The van der Waals surface area contributed by atoms with E-state index in [2.05, 4.69) is 5.32 Å². The Morgan fingerprint density at radius 1 is 1.11 bits per heavy atom. The molecule has 2 aromatic rings. The number of halogens is 10. The number of nitrogens with zero attached hydrogens (tertiary/aromatic N) is 1. The number of allylic oxidation sites excluding steroid dienone is 1. The summed E-state index contributed by atoms with van der Waals surface area (Å²) in [4.78, 5) is 12.4. The normalized spacial score (nSPS) is 14.2. The third-order valence-electron chi connectivity index (χ3n) is 4.79. The summed E-state index contributed by atoms with van der Waals surface area (Å²) in [5, 5.41) is 9.99. The van der Waals surface area contributed by atoms with Gasteiger partial charge < -0.3 is 5.32 Å². The van der Waals surface area contributed by atoms with Crippen molar-refractivity contribution in [3.8, 4) is 6.07 Å². The van der Waals surface area contributed by atoms with Crippen molar-refractivity contribution in [2.24, 2.45) is 0 Å². The molecule has 0 saturated heterocycles. The number of benzene rings is 2. The smallest absolute Gasteiger partial charge is 0.349 e. The van der Waals surface area contributed by atoms with Crippen molar-refractivity contribution < 1.29 is 35.5 Å². The van der Waals surface area contributed by atoms with Gasteiger partial charge in [0, 0.05) is 17.4 Å². The van der Waals surface area contributed by atoms with Crippen LogP contribution in [0, 0.1) is 11.3 Å². The van der Waals surface area contributed by atoms with Gasteiger partial charge in [-0.15, -0.1) is 11.8 Å². The molecule has 1 N–H and O–H groups in total. The zero-order valence-corrected chi connectivity index (χ0v) is 21.7. The lowest BCUT2D eigenvalue weighted by Gasteiger charge is -2.19. The zero-order chi connectivity index (χ0) is 28.1. The van der Waals surface area contributed by atoms with E-state index in [1.807, 2.05) is 6.07 Å². The summed E-state index contributed by atoms with van der Waals surface area (Å²) in [6.45, 7) is 1.51. The van der Waals surface area contributed by atoms with E-state index in [4.69, 9.17) is 40.1 Å². The Bertz CT molecular complexity index is 1200. The molecule has 0 fully saturated rings. The molecule has 0 aliphatic heterocycles. The van der Waals surface area contributed by atoms with E-state index < -0.39 is 58.3 Å². The minimum atomic E-state index is -5.12. The highest BCUT2D eigenvalue weighted by molar-refractivity contribution is 7.99. The zero-order valence-electron chi connectivity index (χ0n) is 18.6. The molecule has 0 saturated carbocycles. The van der Waals surface area contributed by atoms with Crippen LogP contribution in [-0.2, 0) is 6.18 Å². The van der Waals surface area contributed by atoms with Crippen LogP contribution in [0.2, 0.25) is 15.1 Å². The summed E-state index contributed by atoms with van der Waals surface area (Å²) in [6.07, 6.45) is -10.1. The fourth-order valence-electron chi connectivity index (χ4n) is 3.13. The Balaban J connectivity index is 2.48. The van der Waals surface area contributed by atoms with E-state index in [0.29, 0.717) is 6.07 Å². The van der Waals surface area contributed by atoms with E-state index in [-0.39, 0.29) is 38.7 Å². The third kappa shape index (κ3) is 8.43. The average Bonchev–Trinajstić information content (AvgIpc) is 2.78. The van der Waals surface area contributed by atoms with Crippen molar-refractivity contribution in [2.75, 3.05) is 11.5 Å². The number of hydrogen-bond donors (Lipinski definition) is 1. The van der Waals surface area contributed by atoms with Gasteiger partial charge in [0.15, 0.2) is 0 Å². The lowest BCUT2D eigenvalue weighted by molar-refractivity contribution is -0.140. The first kappa shape index (κ1) is 31.1. The Labute approximate surface area is 226 Å². The van der Waals surface area contributed by atoms with Crippen LogP contribution in [0.3, 0.4) is 0 Å². The van der Waals surface area contributed by atoms with Crippen molar-refractivity contribution in [1.82, 2.24) is 5.32 Å². The SMILES string of the molecule is CC(CSCC#N)NC(=O)c1ccc(/C(F)=C/C(c2cc(Cl)c(Cl)c(Cl)c2)C(F)(F)F)cc1C(F)(F)F. The predicted octanol–water partition coefficient (Wildman–Crippen LogP) is 8.70. The summed E-state index contributed by atoms with van der Waals surface area (Å²) < 4.78 is 97.2. The lowest BCUT2D eigenvalue weighted by Crippen LogP contribution is -2.35. The third-order valence-corrected chi connectivity index (χ3v) is 7.05. The number of amides is 1. The molecule has 0 aliphatic rings. The summed E-state index contributed by atoms with van der Waals surface area (Å²) >= 11 is 18.5. The number of nitrogens with one attached hydrogen (secondary N) is 1. The maximum Gasteiger partial charge on any atom is 0.417 e. The maximum absolute atomic E-state index is 14.9. The molecule has 0 aliphatic carbocycles. The molecule has 0 spiro atoms. The van der Waals surface area contributed by atoms with Gasteiger partial charge in [-0.1, -0.05) is 40.9 Å². The van der Waals surface area contributed by atoms with Crippen LogP contribution in [0.25, 0.3) is 5.83 Å². The minimum absolute atomic E-state index is 0.0830. The predicted molar refractivity (Wildman–Crippen MR) is 131 cm³/mol. The highest BCUT2D eigenvalue weighted by atomic mass is 35.5. The van der Waals surface area contributed by atoms with Gasteiger partial charge in [0.1, 0.15) is 11.7 Å². The summed E-state index contributed by atoms with van der Waals surface area (Å²) in [6, 6.07) is 4.60. The quantitative estimate of drug-likeness (QED) is 0.186. The highest BCUT2D eigenvalue weighted by Gasteiger charge is 2.41. The molecule has 14 heteroatoms. The molecule has 2 unspecified atom stereocenters. The average molecular weight is 608 g/mol. The molecule has 37 heavy (non-hydrogen) atoms. The fraction of sp³-hybridized carbons (Fsp3) is 0.304. The molecule has 0 radical (unpaired) electrons. The van der Waals surface area contributed by atoms with Crippen molar-refractivity contribution in [1.29, 1.82) is 5.26 Å². The Morgan fingerprint density at radius 3 is 2.22 bits per heavy atom. The summed E-state index contributed by atoms with van der Waals surface area (Å²) in [5.74, 6) is -5.01. The molecular formula is C23H16Cl3F7N2OS. The van der Waals surface area contributed by atoms with E-state index in [1.54, 1.807) is 0 Å². The Kier molecular flexibility index (Phi) is 10.6. The van der Waals surface area contributed by atoms with E-state index in [0.717, 1.165) is 30.0 Å². The molecule has 2 aromatic carbocycles. The number of carbonyl (C=O) groups is 1. The molecule has 2 atom stereocenters. The van der Waals surface area contributed by atoms with Gasteiger partial charge in [-0.05, 0) is 42.8 Å². The second-order valence-electron chi connectivity index (χ2n) is 7.64. The van der Waals surface area contributed by atoms with E-state index in [1.165, 1.54) is 6.92 Å². The van der Waals surface area contributed by atoms with Crippen LogP contribution in [0.1, 0.15) is 39.9 Å². The van der Waals surface area contributed by atoms with Gasteiger partial charge >= 0.3 is 12.4 Å². The van der Waals surface area contributed by atoms with Gasteiger partial charge in [0.2, 0.25) is 0 Å². The topological polar surface area (TPSA) is 52.9 Å². The van der Waals surface area contributed by atoms with Crippen LogP contribution in [0.4, 0.5) is 30.7 Å². The van der Waals surface area contributed by atoms with Crippen molar-refractivity contribution in [3.63, 3.8) is 0 Å². The van der Waals surface area contributed by atoms with Gasteiger partial charge in [-0.3, -0.25) is 4.79 Å². The van der Waals surface area contributed by atoms with Crippen LogP contribution < -0.4 is 5.32 Å². The molecule has 0 aromatic heterocycles. The van der Waals surface area contributed by atoms with Crippen LogP contribution in [-0.4, -0.2) is 29.6 Å². The second kappa shape index (κ2) is 12.6.